The highest BCUT2D eigenvalue weighted by Crippen LogP contribution is 2.46. The molecule has 2 aromatic heterocycles. The molecule has 4 aliphatic rings. The van der Waals surface area contributed by atoms with E-state index in [4.69, 9.17) is 0 Å². The number of amides is 5. The lowest BCUT2D eigenvalue weighted by Gasteiger charge is -2.32. The number of likely N-dealkylation sites (tertiary alicyclic amines) is 1. The molecule has 2 saturated heterocycles. The number of benzene rings is 3. The molecule has 2 fully saturated rings. The highest BCUT2D eigenvalue weighted by Gasteiger charge is 2.50. The monoisotopic (exact) mass is 866 g/mol. The largest absolute Gasteiger partial charge is 0.348 e. The fourth-order valence-electron chi connectivity index (χ4n) is 10.2. The third-order valence-corrected chi connectivity index (χ3v) is 13.7. The van der Waals surface area contributed by atoms with Crippen molar-refractivity contribution in [3.05, 3.63) is 113 Å². The number of hydrogen-bond acceptors (Lipinski definition) is 7. The van der Waals surface area contributed by atoms with Crippen LogP contribution in [0, 0.1) is 5.82 Å². The number of nitrogens with zero attached hydrogens (tertiary/aromatic N) is 6. The van der Waals surface area contributed by atoms with Gasteiger partial charge in [0.2, 0.25) is 23.6 Å². The van der Waals surface area contributed by atoms with Crippen molar-refractivity contribution >= 4 is 51.7 Å². The van der Waals surface area contributed by atoms with Gasteiger partial charge in [-0.15, -0.1) is 0 Å². The van der Waals surface area contributed by atoms with Gasteiger partial charge in [0.25, 0.3) is 5.91 Å². The van der Waals surface area contributed by atoms with Crippen LogP contribution >= 0.6 is 0 Å². The van der Waals surface area contributed by atoms with Crippen LogP contribution in [0.4, 0.5) is 10.1 Å². The first-order valence-electron chi connectivity index (χ1n) is 22.4. The second-order valence-electron chi connectivity index (χ2n) is 18.4. The van der Waals surface area contributed by atoms with Crippen molar-refractivity contribution in [2.24, 2.45) is 0 Å². The number of aromatic nitrogens is 3. The lowest BCUT2D eigenvalue weighted by molar-refractivity contribution is -0.136. The Morgan fingerprint density at radius 1 is 0.938 bits per heavy atom. The van der Waals surface area contributed by atoms with E-state index in [1.807, 2.05) is 50.4 Å². The molecule has 0 radical (unpaired) electrons. The van der Waals surface area contributed by atoms with Crippen LogP contribution in [0.3, 0.4) is 0 Å². The normalized spacial score (nSPS) is 19.2. The van der Waals surface area contributed by atoms with Crippen molar-refractivity contribution in [2.45, 2.75) is 82.7 Å². The Hall–Kier alpha value is -6.41. The lowest BCUT2D eigenvalue weighted by Crippen LogP contribution is -2.55. The number of aryl methyl sites for hydroxylation is 1. The maximum Gasteiger partial charge on any atom is 0.269 e. The van der Waals surface area contributed by atoms with Crippen molar-refractivity contribution in [3.8, 4) is 11.1 Å². The predicted octanol–water partition coefficient (Wildman–Crippen LogP) is 6.43. The van der Waals surface area contributed by atoms with E-state index in [0.717, 1.165) is 72.4 Å². The highest BCUT2D eigenvalue weighted by molar-refractivity contribution is 6.14. The molecule has 1 atom stereocenters. The third kappa shape index (κ3) is 8.03. The topological polar surface area (TPSA) is 144 Å². The Bertz CT molecular complexity index is 2680. The average Bonchev–Trinajstić information content (AvgIpc) is 4.04. The van der Waals surface area contributed by atoms with Gasteiger partial charge in [0.1, 0.15) is 11.7 Å². The van der Waals surface area contributed by atoms with Crippen molar-refractivity contribution in [1.82, 2.24) is 34.8 Å². The standard InChI is InChI=1S/C50H55FN8O5/c1-50(2)44-34(8-5-10-40(44)59(49(50)64)41-15-16-42(60)54-47(41)62)19-26-56-24-17-32(18-25-56)31-11-13-33(14-12-31)36-28-37(45(51)46-38(36)29-39(53-46)48(63)55(3)4)35-9-6-22-57(30-35)43(61)20-27-58-23-7-21-52-58/h5,7-14,21,23,28-29,32,41,53H,6,15-20,22,24-27,30H2,1-4H3,(H,54,60,62). The van der Waals surface area contributed by atoms with Crippen LogP contribution < -0.4 is 10.2 Å². The van der Waals surface area contributed by atoms with Gasteiger partial charge in [-0.1, -0.05) is 42.5 Å². The van der Waals surface area contributed by atoms with Crippen LogP contribution in [-0.4, -0.2) is 112 Å². The first-order valence-corrected chi connectivity index (χ1v) is 22.4. The van der Waals surface area contributed by atoms with E-state index < -0.39 is 23.2 Å². The minimum absolute atomic E-state index is 0.0100. The minimum atomic E-state index is -0.794. The van der Waals surface area contributed by atoms with Crippen molar-refractivity contribution in [3.63, 3.8) is 0 Å². The molecule has 332 valence electrons. The number of carbonyl (C=O) groups is 5. The number of rotatable bonds is 11. The number of imide groups is 1. The third-order valence-electron chi connectivity index (χ3n) is 13.7. The Balaban J connectivity index is 0.895. The number of fused-ring (bicyclic) bond motifs is 2. The van der Waals surface area contributed by atoms with E-state index in [0.29, 0.717) is 54.9 Å². The average molecular weight is 867 g/mol. The molecular weight excluding hydrogens is 812 g/mol. The Morgan fingerprint density at radius 3 is 2.44 bits per heavy atom. The van der Waals surface area contributed by atoms with Gasteiger partial charge in [-0.05, 0) is 123 Å². The minimum Gasteiger partial charge on any atom is -0.348 e. The maximum atomic E-state index is 16.6. The SMILES string of the molecule is CN(C)C(=O)c1cc2c(-c3ccc(C4CCN(CCc5cccc6c5C(C)(C)C(=O)N6C5CCC(=O)NC5=O)CC4)cc3)cc(C3=CCCN(C(=O)CCn4cccn4)C3)c(F)c2[nH]1. The van der Waals surface area contributed by atoms with Crippen LogP contribution in [0.15, 0.2) is 79.1 Å². The first kappa shape index (κ1) is 42.9. The Kier molecular flexibility index (Phi) is 11.6. The summed E-state index contributed by atoms with van der Waals surface area (Å²) in [6.45, 7) is 7.88. The van der Waals surface area contributed by atoms with E-state index in [1.54, 1.807) is 40.8 Å². The predicted molar refractivity (Wildman–Crippen MR) is 243 cm³/mol. The smallest absolute Gasteiger partial charge is 0.269 e. The molecule has 64 heavy (non-hydrogen) atoms. The van der Waals surface area contributed by atoms with Crippen LogP contribution in [0.25, 0.3) is 27.6 Å². The highest BCUT2D eigenvalue weighted by atomic mass is 19.1. The number of nitrogens with one attached hydrogen (secondary N) is 2. The summed E-state index contributed by atoms with van der Waals surface area (Å²) in [5.41, 5.74) is 6.72. The number of halogens is 1. The van der Waals surface area contributed by atoms with Gasteiger partial charge in [0, 0.05) is 82.1 Å². The van der Waals surface area contributed by atoms with E-state index in [-0.39, 0.29) is 42.1 Å². The van der Waals surface area contributed by atoms with Gasteiger partial charge >= 0.3 is 0 Å². The molecule has 0 aliphatic carbocycles. The van der Waals surface area contributed by atoms with Crippen LogP contribution in [0.1, 0.15) is 91.0 Å². The summed E-state index contributed by atoms with van der Waals surface area (Å²) < 4.78 is 18.4. The molecule has 5 amide bonds. The number of H-pyrrole nitrogens is 1. The second-order valence-corrected chi connectivity index (χ2v) is 18.4. The van der Waals surface area contributed by atoms with Gasteiger partial charge in [0.15, 0.2) is 5.82 Å². The van der Waals surface area contributed by atoms with Crippen molar-refractivity contribution in [1.29, 1.82) is 0 Å². The zero-order valence-electron chi connectivity index (χ0n) is 37.0. The number of aromatic amines is 1. The zero-order valence-corrected chi connectivity index (χ0v) is 37.0. The van der Waals surface area contributed by atoms with E-state index in [1.165, 1.54) is 10.5 Å². The molecule has 2 N–H and O–H groups in total. The molecule has 13 nitrogen and oxygen atoms in total. The molecule has 1 unspecified atom stereocenters. The number of anilines is 1. The molecule has 6 heterocycles. The number of hydrogen-bond donors (Lipinski definition) is 2. The summed E-state index contributed by atoms with van der Waals surface area (Å²) in [7, 11) is 3.34. The fourth-order valence-corrected chi connectivity index (χ4v) is 10.2. The summed E-state index contributed by atoms with van der Waals surface area (Å²) in [4.78, 5) is 75.4. The molecule has 3 aromatic carbocycles. The van der Waals surface area contributed by atoms with Crippen molar-refractivity contribution in [2.75, 3.05) is 51.7 Å². The summed E-state index contributed by atoms with van der Waals surface area (Å²) in [5, 5.41) is 7.25. The second kappa shape index (κ2) is 17.3. The van der Waals surface area contributed by atoms with Gasteiger partial charge < -0.3 is 19.7 Å². The molecule has 14 heteroatoms. The first-order chi connectivity index (χ1) is 30.8. The number of carbonyl (C=O) groups excluding carboxylic acids is 5. The van der Waals surface area contributed by atoms with E-state index in [2.05, 4.69) is 50.6 Å². The van der Waals surface area contributed by atoms with E-state index >= 15 is 4.39 Å². The van der Waals surface area contributed by atoms with Gasteiger partial charge in [0.05, 0.1) is 10.9 Å². The van der Waals surface area contributed by atoms with Crippen LogP contribution in [-0.2, 0) is 37.6 Å². The number of piperidine rings is 2. The Labute approximate surface area is 372 Å². The zero-order chi connectivity index (χ0) is 44.9. The van der Waals surface area contributed by atoms with Crippen LogP contribution in [0.5, 0.6) is 0 Å². The molecule has 9 rings (SSSR count). The van der Waals surface area contributed by atoms with E-state index in [9.17, 15) is 24.0 Å². The molecule has 4 aliphatic heterocycles. The molecule has 0 bridgehead atoms. The summed E-state index contributed by atoms with van der Waals surface area (Å²) in [6, 6.07) is 19.2. The summed E-state index contributed by atoms with van der Waals surface area (Å²) in [5.74, 6) is -1.17. The van der Waals surface area contributed by atoms with Gasteiger partial charge in [-0.25, -0.2) is 4.39 Å². The molecular formula is C50H55FN8O5. The molecule has 0 saturated carbocycles. The quantitative estimate of drug-likeness (QED) is 0.146. The van der Waals surface area contributed by atoms with Crippen molar-refractivity contribution < 1.29 is 28.4 Å². The van der Waals surface area contributed by atoms with Gasteiger partial charge in [-0.2, -0.15) is 5.10 Å². The maximum absolute atomic E-state index is 16.6. The molecule has 0 spiro atoms. The fraction of sp³-hybridized carbons (Fsp3) is 0.400. The Morgan fingerprint density at radius 2 is 1.72 bits per heavy atom. The lowest BCUT2D eigenvalue weighted by atomic mass is 9.82. The summed E-state index contributed by atoms with van der Waals surface area (Å²) in [6.07, 6.45) is 9.71. The molecule has 5 aromatic rings. The summed E-state index contributed by atoms with van der Waals surface area (Å²) >= 11 is 0. The van der Waals surface area contributed by atoms with Gasteiger partial charge in [-0.3, -0.25) is 38.9 Å². The van der Waals surface area contributed by atoms with Crippen LogP contribution in [0.2, 0.25) is 0 Å².